The van der Waals surface area contributed by atoms with Gasteiger partial charge in [0.1, 0.15) is 11.5 Å². The number of methoxy groups -OCH3 is 1. The molecular weight excluding hydrogens is 394 g/mol. The number of carbonyl (C=O) groups excluding carboxylic acids is 1. The van der Waals surface area contributed by atoms with Gasteiger partial charge in [-0.25, -0.2) is 0 Å². The zero-order chi connectivity index (χ0) is 21.8. The van der Waals surface area contributed by atoms with E-state index < -0.39 is 6.48 Å². The van der Waals surface area contributed by atoms with Gasteiger partial charge in [-0.05, 0) is 60.2 Å². The van der Waals surface area contributed by atoms with Crippen LogP contribution < -0.4 is 4.74 Å². The van der Waals surface area contributed by atoms with Crippen LogP contribution in [0.1, 0.15) is 51.5 Å². The summed E-state index contributed by atoms with van der Waals surface area (Å²) in [7, 11) is 1.34. The second kappa shape index (κ2) is 9.29. The molecule has 0 amide bonds. The lowest BCUT2D eigenvalue weighted by atomic mass is 9.78. The van der Waals surface area contributed by atoms with Gasteiger partial charge in [0.25, 0.3) is 0 Å². The Hall–Kier alpha value is -3.22. The quantitative estimate of drug-likeness (QED) is 0.445. The van der Waals surface area contributed by atoms with E-state index in [-0.39, 0.29) is 23.9 Å². The summed E-state index contributed by atoms with van der Waals surface area (Å²) >= 11 is 0. The molecule has 160 valence electrons. The Morgan fingerprint density at radius 2 is 2.03 bits per heavy atom. The summed E-state index contributed by atoms with van der Waals surface area (Å²) in [5.41, 5.74) is 4.26. The molecule has 0 radical (unpaired) electrons. The second-order valence-corrected chi connectivity index (χ2v) is 7.63. The van der Waals surface area contributed by atoms with Crippen molar-refractivity contribution in [1.82, 2.24) is 4.98 Å². The Balaban J connectivity index is 1.60. The normalized spacial score (nSPS) is 16.4. The number of fused-ring (bicyclic) bond motifs is 1. The molecule has 2 unspecified atom stereocenters. The van der Waals surface area contributed by atoms with E-state index in [0.29, 0.717) is 17.0 Å². The highest BCUT2D eigenvalue weighted by Crippen LogP contribution is 2.40. The van der Waals surface area contributed by atoms with Crippen LogP contribution >= 0.6 is 0 Å². The first-order valence-corrected chi connectivity index (χ1v) is 10.3. The van der Waals surface area contributed by atoms with Gasteiger partial charge < -0.3 is 19.7 Å². The van der Waals surface area contributed by atoms with Crippen LogP contribution in [0.25, 0.3) is 0 Å². The molecule has 3 aromatic rings. The van der Waals surface area contributed by atoms with E-state index in [2.05, 4.69) is 4.98 Å². The molecule has 1 aliphatic rings. The van der Waals surface area contributed by atoms with Crippen LogP contribution in [0.3, 0.4) is 0 Å². The van der Waals surface area contributed by atoms with Crippen LogP contribution in [-0.4, -0.2) is 34.6 Å². The van der Waals surface area contributed by atoms with Gasteiger partial charge in [0.05, 0.1) is 5.69 Å². The fourth-order valence-electron chi connectivity index (χ4n) is 4.25. The van der Waals surface area contributed by atoms with Gasteiger partial charge in [0, 0.05) is 31.2 Å². The summed E-state index contributed by atoms with van der Waals surface area (Å²) in [6, 6.07) is 16.2. The summed E-state index contributed by atoms with van der Waals surface area (Å²) in [6.07, 6.45) is 4.54. The van der Waals surface area contributed by atoms with Crippen molar-refractivity contribution in [2.45, 2.75) is 38.1 Å². The summed E-state index contributed by atoms with van der Waals surface area (Å²) in [6.45, 7) is -1.35. The number of hydrogen-bond acceptors (Lipinski definition) is 6. The average Bonchev–Trinajstić information content (AvgIpc) is 2.79. The molecule has 6 heteroatoms. The smallest absolute Gasteiger partial charge is 0.313 e. The monoisotopic (exact) mass is 419 g/mol. The van der Waals surface area contributed by atoms with E-state index in [1.165, 1.54) is 7.11 Å². The van der Waals surface area contributed by atoms with Crippen molar-refractivity contribution in [3.05, 3.63) is 88.7 Å². The number of ether oxygens (including phenoxy) is 2. The number of benzene rings is 2. The van der Waals surface area contributed by atoms with E-state index in [1.807, 2.05) is 24.3 Å². The molecule has 1 heterocycles. The third kappa shape index (κ3) is 4.60. The van der Waals surface area contributed by atoms with Crippen LogP contribution in [-0.2, 0) is 17.6 Å². The number of Topliss-reactive ketones (excluding diaryl/α,β-unsaturated/α-hetero) is 1. The van der Waals surface area contributed by atoms with Crippen molar-refractivity contribution in [1.29, 1.82) is 0 Å². The summed E-state index contributed by atoms with van der Waals surface area (Å²) in [5, 5.41) is 19.8. The van der Waals surface area contributed by atoms with Crippen LogP contribution in [0.5, 0.6) is 11.5 Å². The van der Waals surface area contributed by atoms with Crippen molar-refractivity contribution in [3.8, 4) is 11.5 Å². The molecule has 2 N–H and O–H groups in total. The average molecular weight is 419 g/mol. The van der Waals surface area contributed by atoms with Gasteiger partial charge in [-0.2, -0.15) is 0 Å². The summed E-state index contributed by atoms with van der Waals surface area (Å²) in [5.74, 6) is 0.615. The fraction of sp³-hybridized carbons (Fsp3) is 0.280. The molecule has 0 fully saturated rings. The topological polar surface area (TPSA) is 88.9 Å². The standard InChI is InChI=1S/C25H25NO5/c1-30-25(29)31-17-7-2-6-16(14-17)15-23(28)20-10-3-9-19-18(20)8-4-11-21(19)24-22(27)12-5-13-26-24/h2-3,5-7,9-10,12-14,21,25,27,29H,4,8,11,15H2,1H3. The molecule has 0 bridgehead atoms. The number of ketones is 1. The minimum absolute atomic E-state index is 0.0205. The minimum Gasteiger partial charge on any atom is -0.506 e. The Labute approximate surface area is 181 Å². The molecular formula is C25H25NO5. The molecule has 2 aromatic carbocycles. The lowest BCUT2D eigenvalue weighted by Gasteiger charge is -2.27. The summed E-state index contributed by atoms with van der Waals surface area (Å²) in [4.78, 5) is 17.6. The number of carbonyl (C=O) groups is 1. The first-order chi connectivity index (χ1) is 15.1. The predicted molar refractivity (Wildman–Crippen MR) is 115 cm³/mol. The maximum Gasteiger partial charge on any atom is 0.313 e. The third-order valence-corrected chi connectivity index (χ3v) is 5.66. The molecule has 31 heavy (non-hydrogen) atoms. The zero-order valence-corrected chi connectivity index (χ0v) is 17.3. The van der Waals surface area contributed by atoms with Gasteiger partial charge in [-0.15, -0.1) is 0 Å². The molecule has 1 aliphatic carbocycles. The second-order valence-electron chi connectivity index (χ2n) is 7.63. The highest BCUT2D eigenvalue weighted by atomic mass is 16.8. The number of hydrogen-bond donors (Lipinski definition) is 2. The molecule has 0 saturated carbocycles. The van der Waals surface area contributed by atoms with Crippen molar-refractivity contribution in [3.63, 3.8) is 0 Å². The molecule has 4 rings (SSSR count). The van der Waals surface area contributed by atoms with Gasteiger partial charge in [0.15, 0.2) is 5.78 Å². The fourth-order valence-corrected chi connectivity index (χ4v) is 4.25. The van der Waals surface area contributed by atoms with E-state index >= 15 is 0 Å². The Kier molecular flexibility index (Phi) is 6.30. The summed E-state index contributed by atoms with van der Waals surface area (Å²) < 4.78 is 9.95. The third-order valence-electron chi connectivity index (χ3n) is 5.66. The number of aliphatic hydroxyl groups excluding tert-OH is 1. The first kappa shape index (κ1) is 21.0. The first-order valence-electron chi connectivity index (χ1n) is 10.3. The van der Waals surface area contributed by atoms with Gasteiger partial charge in [0.2, 0.25) is 0 Å². The van der Waals surface area contributed by atoms with E-state index in [1.54, 1.807) is 36.5 Å². The van der Waals surface area contributed by atoms with E-state index in [4.69, 9.17) is 9.47 Å². The van der Waals surface area contributed by atoms with Crippen LogP contribution in [0.15, 0.2) is 60.8 Å². The largest absolute Gasteiger partial charge is 0.506 e. The van der Waals surface area contributed by atoms with Crippen molar-refractivity contribution in [2.75, 3.05) is 7.11 Å². The zero-order valence-electron chi connectivity index (χ0n) is 17.3. The molecule has 0 aliphatic heterocycles. The Bertz CT molecular complexity index is 1080. The molecule has 2 atom stereocenters. The van der Waals surface area contributed by atoms with Crippen LogP contribution in [0.4, 0.5) is 0 Å². The Morgan fingerprint density at radius 3 is 2.84 bits per heavy atom. The van der Waals surface area contributed by atoms with Crippen molar-refractivity contribution in [2.24, 2.45) is 0 Å². The van der Waals surface area contributed by atoms with Crippen LogP contribution in [0.2, 0.25) is 0 Å². The number of nitrogens with zero attached hydrogens (tertiary/aromatic N) is 1. The van der Waals surface area contributed by atoms with E-state index in [9.17, 15) is 15.0 Å². The van der Waals surface area contributed by atoms with Crippen molar-refractivity contribution >= 4 is 5.78 Å². The number of aromatic nitrogens is 1. The predicted octanol–water partition coefficient (Wildman–Crippen LogP) is 3.98. The molecule has 0 saturated heterocycles. The number of aliphatic hydroxyl groups is 1. The Morgan fingerprint density at radius 1 is 1.19 bits per heavy atom. The lowest BCUT2D eigenvalue weighted by molar-refractivity contribution is -0.200. The molecule has 1 aromatic heterocycles. The number of pyridine rings is 1. The van der Waals surface area contributed by atoms with E-state index in [0.717, 1.165) is 36.0 Å². The van der Waals surface area contributed by atoms with Gasteiger partial charge >= 0.3 is 6.48 Å². The number of aromatic hydroxyl groups is 1. The highest BCUT2D eigenvalue weighted by molar-refractivity contribution is 5.99. The molecule has 0 spiro atoms. The van der Waals surface area contributed by atoms with Gasteiger partial charge in [-0.3, -0.25) is 9.78 Å². The SMILES string of the molecule is COC(O)Oc1cccc(CC(=O)c2cccc3c2CCCC3c2ncccc2O)c1. The maximum atomic E-state index is 13.2. The lowest BCUT2D eigenvalue weighted by Crippen LogP contribution is -2.18. The molecule has 6 nitrogen and oxygen atoms in total. The van der Waals surface area contributed by atoms with Crippen LogP contribution in [0, 0.1) is 0 Å². The highest BCUT2D eigenvalue weighted by Gasteiger charge is 2.28. The number of rotatable bonds is 7. The minimum atomic E-state index is -1.35. The maximum absolute atomic E-state index is 13.2. The van der Waals surface area contributed by atoms with Gasteiger partial charge in [-0.1, -0.05) is 30.3 Å². The van der Waals surface area contributed by atoms with Crippen molar-refractivity contribution < 1.29 is 24.5 Å².